The fraction of sp³-hybridized carbons (Fsp3) is 0.308. The Morgan fingerprint density at radius 1 is 1.28 bits per heavy atom. The highest BCUT2D eigenvalue weighted by molar-refractivity contribution is 5.66. The van der Waals surface area contributed by atoms with Crippen molar-refractivity contribution in [1.82, 2.24) is 9.78 Å². The quantitative estimate of drug-likeness (QED) is 0.846. The van der Waals surface area contributed by atoms with Gasteiger partial charge in [0.05, 0.1) is 5.56 Å². The van der Waals surface area contributed by atoms with Crippen LogP contribution in [0.2, 0.25) is 0 Å². The fourth-order valence-electron chi connectivity index (χ4n) is 1.74. The molecule has 0 radical (unpaired) electrons. The van der Waals surface area contributed by atoms with Crippen molar-refractivity contribution < 1.29 is 8.78 Å². The zero-order chi connectivity index (χ0) is 13.3. The van der Waals surface area contributed by atoms with E-state index in [2.05, 4.69) is 5.10 Å². The number of hydrogen-bond donors (Lipinski definition) is 1. The van der Waals surface area contributed by atoms with Crippen LogP contribution in [0.1, 0.15) is 31.9 Å². The summed E-state index contributed by atoms with van der Waals surface area (Å²) in [6, 6.07) is 6.87. The number of nitrogens with two attached hydrogens (primary N) is 1. The minimum Gasteiger partial charge on any atom is -0.399 e. The van der Waals surface area contributed by atoms with Crippen molar-refractivity contribution in [3.63, 3.8) is 0 Å². The van der Waals surface area contributed by atoms with Gasteiger partial charge in [-0.1, -0.05) is 12.1 Å². The summed E-state index contributed by atoms with van der Waals surface area (Å²) in [5, 5.41) is 4.22. The molecule has 5 heteroatoms. The number of benzene rings is 1. The lowest BCUT2D eigenvalue weighted by atomic mass is 10.1. The van der Waals surface area contributed by atoms with Crippen molar-refractivity contribution in [2.24, 2.45) is 0 Å². The SMILES string of the molecule is CC(C)n1cc(C(F)F)c(-c2cccc(N)c2)n1. The van der Waals surface area contributed by atoms with Gasteiger partial charge in [0, 0.05) is 23.5 Å². The number of halogens is 2. The van der Waals surface area contributed by atoms with Crippen LogP contribution in [0.3, 0.4) is 0 Å². The zero-order valence-electron chi connectivity index (χ0n) is 10.3. The molecule has 0 bridgehead atoms. The van der Waals surface area contributed by atoms with Gasteiger partial charge in [0.2, 0.25) is 0 Å². The predicted molar refractivity (Wildman–Crippen MR) is 67.4 cm³/mol. The average molecular weight is 251 g/mol. The maximum Gasteiger partial charge on any atom is 0.267 e. The summed E-state index contributed by atoms with van der Waals surface area (Å²) >= 11 is 0. The number of alkyl halides is 2. The Labute approximate surface area is 104 Å². The van der Waals surface area contributed by atoms with Crippen LogP contribution in [0.4, 0.5) is 14.5 Å². The van der Waals surface area contributed by atoms with E-state index in [0.717, 1.165) is 0 Å². The molecule has 3 nitrogen and oxygen atoms in total. The van der Waals surface area contributed by atoms with E-state index in [1.165, 1.54) is 6.20 Å². The van der Waals surface area contributed by atoms with Gasteiger partial charge in [-0.25, -0.2) is 8.78 Å². The Bertz CT molecular complexity index is 547. The highest BCUT2D eigenvalue weighted by Gasteiger charge is 2.19. The van der Waals surface area contributed by atoms with Gasteiger partial charge < -0.3 is 5.73 Å². The number of rotatable bonds is 3. The van der Waals surface area contributed by atoms with E-state index in [1.807, 2.05) is 13.8 Å². The van der Waals surface area contributed by atoms with E-state index < -0.39 is 6.43 Å². The molecule has 2 N–H and O–H groups in total. The van der Waals surface area contributed by atoms with Gasteiger partial charge in [0.1, 0.15) is 5.69 Å². The molecule has 1 aromatic heterocycles. The minimum absolute atomic E-state index is 0.0392. The third-order valence-electron chi connectivity index (χ3n) is 2.68. The molecule has 18 heavy (non-hydrogen) atoms. The van der Waals surface area contributed by atoms with Crippen LogP contribution >= 0.6 is 0 Å². The van der Waals surface area contributed by atoms with E-state index in [9.17, 15) is 8.78 Å². The van der Waals surface area contributed by atoms with Crippen LogP contribution in [0.25, 0.3) is 11.3 Å². The lowest BCUT2D eigenvalue weighted by Gasteiger charge is -2.04. The Balaban J connectivity index is 2.55. The van der Waals surface area contributed by atoms with Gasteiger partial charge in [-0.15, -0.1) is 0 Å². The normalized spacial score (nSPS) is 11.4. The molecule has 0 aliphatic heterocycles. The first-order valence-corrected chi connectivity index (χ1v) is 5.72. The zero-order valence-corrected chi connectivity index (χ0v) is 10.3. The molecule has 1 heterocycles. The molecule has 96 valence electrons. The number of anilines is 1. The lowest BCUT2D eigenvalue weighted by Crippen LogP contribution is -2.00. The Morgan fingerprint density at radius 3 is 2.56 bits per heavy atom. The van der Waals surface area contributed by atoms with Crippen LogP contribution in [0.15, 0.2) is 30.5 Å². The van der Waals surface area contributed by atoms with Crippen LogP contribution in [0.5, 0.6) is 0 Å². The van der Waals surface area contributed by atoms with Crippen molar-refractivity contribution in [1.29, 1.82) is 0 Å². The van der Waals surface area contributed by atoms with Crippen LogP contribution in [-0.4, -0.2) is 9.78 Å². The molecule has 0 amide bonds. The molecule has 0 aliphatic rings. The average Bonchev–Trinajstić information content (AvgIpc) is 2.73. The maximum absolute atomic E-state index is 13.0. The third kappa shape index (κ3) is 2.34. The van der Waals surface area contributed by atoms with Crippen molar-refractivity contribution in [3.05, 3.63) is 36.0 Å². The molecule has 0 saturated carbocycles. The number of aromatic nitrogens is 2. The number of nitrogens with zero attached hydrogens (tertiary/aromatic N) is 2. The summed E-state index contributed by atoms with van der Waals surface area (Å²) in [4.78, 5) is 0. The second-order valence-corrected chi connectivity index (χ2v) is 4.43. The minimum atomic E-state index is -2.55. The van der Waals surface area contributed by atoms with E-state index in [-0.39, 0.29) is 11.6 Å². The molecule has 0 fully saturated rings. The topological polar surface area (TPSA) is 43.8 Å². The second kappa shape index (κ2) is 4.76. The second-order valence-electron chi connectivity index (χ2n) is 4.43. The molecule has 2 rings (SSSR count). The molecular weight excluding hydrogens is 236 g/mol. The van der Waals surface area contributed by atoms with Gasteiger partial charge in [-0.2, -0.15) is 5.10 Å². The monoisotopic (exact) mass is 251 g/mol. The maximum atomic E-state index is 13.0. The molecule has 0 atom stereocenters. The number of nitrogen functional groups attached to an aromatic ring is 1. The predicted octanol–water partition coefficient (Wildman–Crippen LogP) is 3.65. The van der Waals surface area contributed by atoms with Gasteiger partial charge in [0.15, 0.2) is 0 Å². The Hall–Kier alpha value is -1.91. The molecule has 1 aromatic carbocycles. The van der Waals surface area contributed by atoms with Crippen molar-refractivity contribution in [2.75, 3.05) is 5.73 Å². The molecule has 0 spiro atoms. The molecule has 2 aromatic rings. The standard InChI is InChI=1S/C13H15F2N3/c1-8(2)18-7-11(13(14)15)12(17-18)9-4-3-5-10(16)6-9/h3-8,13H,16H2,1-2H3. The first kappa shape index (κ1) is 12.5. The van der Waals surface area contributed by atoms with E-state index >= 15 is 0 Å². The summed E-state index contributed by atoms with van der Waals surface area (Å²) in [6.45, 7) is 3.79. The Kier molecular flexibility index (Phi) is 3.32. The highest BCUT2D eigenvalue weighted by atomic mass is 19.3. The van der Waals surface area contributed by atoms with Gasteiger partial charge in [-0.3, -0.25) is 4.68 Å². The van der Waals surface area contributed by atoms with Crippen molar-refractivity contribution >= 4 is 5.69 Å². The molecule has 0 aliphatic carbocycles. The molecular formula is C13H15F2N3. The lowest BCUT2D eigenvalue weighted by molar-refractivity contribution is 0.152. The fourth-order valence-corrected chi connectivity index (χ4v) is 1.74. The van der Waals surface area contributed by atoms with Crippen molar-refractivity contribution in [2.45, 2.75) is 26.3 Å². The van der Waals surface area contributed by atoms with Crippen molar-refractivity contribution in [3.8, 4) is 11.3 Å². The van der Waals surface area contributed by atoms with Gasteiger partial charge in [-0.05, 0) is 26.0 Å². The van der Waals surface area contributed by atoms with Crippen LogP contribution in [-0.2, 0) is 0 Å². The number of hydrogen-bond acceptors (Lipinski definition) is 2. The van der Waals surface area contributed by atoms with E-state index in [4.69, 9.17) is 5.73 Å². The molecule has 0 saturated heterocycles. The first-order valence-electron chi connectivity index (χ1n) is 5.72. The summed E-state index contributed by atoms with van der Waals surface area (Å²) in [6.07, 6.45) is -1.15. The largest absolute Gasteiger partial charge is 0.399 e. The summed E-state index contributed by atoms with van der Waals surface area (Å²) in [5.41, 5.74) is 7.05. The van der Waals surface area contributed by atoms with Crippen LogP contribution in [0, 0.1) is 0 Å². The summed E-state index contributed by atoms with van der Waals surface area (Å²) < 4.78 is 27.6. The molecule has 0 unspecified atom stereocenters. The van der Waals surface area contributed by atoms with E-state index in [0.29, 0.717) is 16.9 Å². The van der Waals surface area contributed by atoms with Gasteiger partial charge >= 0.3 is 0 Å². The van der Waals surface area contributed by atoms with Crippen LogP contribution < -0.4 is 5.73 Å². The first-order chi connectivity index (χ1) is 8.49. The smallest absolute Gasteiger partial charge is 0.267 e. The highest BCUT2D eigenvalue weighted by Crippen LogP contribution is 2.31. The summed E-state index contributed by atoms with van der Waals surface area (Å²) in [5.74, 6) is 0. The van der Waals surface area contributed by atoms with Gasteiger partial charge in [0.25, 0.3) is 6.43 Å². The Morgan fingerprint density at radius 2 is 2.00 bits per heavy atom. The summed E-state index contributed by atoms with van der Waals surface area (Å²) in [7, 11) is 0. The van der Waals surface area contributed by atoms with E-state index in [1.54, 1.807) is 28.9 Å². The third-order valence-corrected chi connectivity index (χ3v) is 2.68.